The van der Waals surface area contributed by atoms with Crippen molar-refractivity contribution in [2.45, 2.75) is 24.2 Å². The molecule has 6 heteroatoms. The topological polar surface area (TPSA) is 28.2 Å². The average molecular weight is 464 g/mol. The third-order valence-electron chi connectivity index (χ3n) is 3.33. The minimum atomic E-state index is -2.89. The molecule has 3 rings (SSSR count). The van der Waals surface area contributed by atoms with Crippen LogP contribution in [0.1, 0.15) is 30.9 Å². The van der Waals surface area contributed by atoms with Gasteiger partial charge in [0, 0.05) is 0 Å². The van der Waals surface area contributed by atoms with Gasteiger partial charge in [-0.25, -0.2) is 0 Å². The van der Waals surface area contributed by atoms with Gasteiger partial charge in [-0.2, -0.15) is 0 Å². The Hall–Kier alpha value is -0.0313. The molecule has 0 aliphatic carbocycles. The standard InChI is InChI=1S/C12H10N2.C4H9.3ClH.Sn/c1-3-9-5-6-10-4-2-8-14-12(10)11(9)13-7-1;1-3-4-2;;;;/h1-6H,7-8H2;1,3-4H2,2H3;3*1H;/q-2;;;;;+3/p-3. The number of fused-ring (bicyclic) bond motifs is 3. The molecule has 0 amide bonds. The molecule has 1 aromatic carbocycles. The fourth-order valence-corrected chi connectivity index (χ4v) is 7.08. The summed E-state index contributed by atoms with van der Waals surface area (Å²) in [5.74, 6) is 0. The van der Waals surface area contributed by atoms with Gasteiger partial charge in [0.15, 0.2) is 0 Å². The normalized spacial score (nSPS) is 14.9. The Bertz CT molecular complexity index is 524. The van der Waals surface area contributed by atoms with Crippen molar-refractivity contribution < 1.29 is 0 Å². The Morgan fingerprint density at radius 1 is 0.955 bits per heavy atom. The fraction of sp³-hybridized carbons (Fsp3) is 0.375. The van der Waals surface area contributed by atoms with Gasteiger partial charge in [0.2, 0.25) is 0 Å². The first-order valence-electron chi connectivity index (χ1n) is 7.43. The van der Waals surface area contributed by atoms with E-state index in [-0.39, 0.29) is 0 Å². The number of rotatable bonds is 3. The van der Waals surface area contributed by atoms with Gasteiger partial charge in [-0.1, -0.05) is 24.3 Å². The molecule has 2 heterocycles. The van der Waals surface area contributed by atoms with Crippen LogP contribution in [0.25, 0.3) is 22.8 Å². The molecule has 120 valence electrons. The molecule has 22 heavy (non-hydrogen) atoms. The second kappa shape index (κ2) is 8.72. The summed E-state index contributed by atoms with van der Waals surface area (Å²) in [6.45, 7) is 3.66. The third-order valence-corrected chi connectivity index (χ3v) is 9.76. The summed E-state index contributed by atoms with van der Waals surface area (Å²) in [6.07, 6.45) is 10.6. The second-order valence-corrected chi connectivity index (χ2v) is 27.0. The molecule has 0 saturated carbocycles. The van der Waals surface area contributed by atoms with E-state index in [2.05, 4.69) is 54.0 Å². The molecule has 0 spiro atoms. The van der Waals surface area contributed by atoms with Crippen molar-refractivity contribution in [2.75, 3.05) is 13.1 Å². The first-order chi connectivity index (χ1) is 10.5. The Labute approximate surface area is 147 Å². The van der Waals surface area contributed by atoms with Gasteiger partial charge in [-0.05, 0) is 11.1 Å². The van der Waals surface area contributed by atoms with E-state index >= 15 is 0 Å². The molecule has 1 aromatic rings. The zero-order chi connectivity index (χ0) is 16.0. The van der Waals surface area contributed by atoms with Gasteiger partial charge in [0.05, 0.1) is 0 Å². The molecule has 0 atom stereocenters. The van der Waals surface area contributed by atoms with Crippen LogP contribution in [0.4, 0.5) is 11.4 Å². The summed E-state index contributed by atoms with van der Waals surface area (Å²) in [7, 11) is 17.0. The molecule has 0 N–H and O–H groups in total. The van der Waals surface area contributed by atoms with Crippen molar-refractivity contribution in [3.63, 3.8) is 0 Å². The molecule has 2 nitrogen and oxygen atoms in total. The molecule has 0 radical (unpaired) electrons. The third kappa shape index (κ3) is 5.55. The fourth-order valence-electron chi connectivity index (χ4n) is 2.24. The van der Waals surface area contributed by atoms with Gasteiger partial charge in [0.1, 0.15) is 0 Å². The van der Waals surface area contributed by atoms with E-state index in [4.69, 9.17) is 26.8 Å². The number of hydrogen-bond acceptors (Lipinski definition) is 0. The molecule has 0 aromatic heterocycles. The van der Waals surface area contributed by atoms with Gasteiger partial charge < -0.3 is 10.6 Å². The van der Waals surface area contributed by atoms with E-state index in [9.17, 15) is 0 Å². The average Bonchev–Trinajstić information content (AvgIpc) is 2.53. The maximum atomic E-state index is 5.65. The van der Waals surface area contributed by atoms with Crippen molar-refractivity contribution in [1.82, 2.24) is 0 Å². The van der Waals surface area contributed by atoms with Crippen LogP contribution in [0.3, 0.4) is 0 Å². The quantitative estimate of drug-likeness (QED) is 0.424. The van der Waals surface area contributed by atoms with E-state index in [1.165, 1.54) is 11.1 Å². The Morgan fingerprint density at radius 3 is 1.82 bits per heavy atom. The van der Waals surface area contributed by atoms with Crippen molar-refractivity contribution >= 4 is 65.3 Å². The van der Waals surface area contributed by atoms with Crippen LogP contribution in [0.15, 0.2) is 24.3 Å². The van der Waals surface area contributed by atoms with E-state index < -0.39 is 15.0 Å². The monoisotopic (exact) mass is 464 g/mol. The summed E-state index contributed by atoms with van der Waals surface area (Å²) < 4.78 is 0.871. The van der Waals surface area contributed by atoms with Crippen LogP contribution < -0.4 is 0 Å². The number of unbranched alkanes of at least 4 members (excludes halogenated alkanes) is 1. The van der Waals surface area contributed by atoms with Crippen LogP contribution in [-0.2, 0) is 0 Å². The van der Waals surface area contributed by atoms with Crippen LogP contribution in [0.2, 0.25) is 4.44 Å². The van der Waals surface area contributed by atoms with Crippen LogP contribution in [0.5, 0.6) is 0 Å². The summed E-state index contributed by atoms with van der Waals surface area (Å²) in [6, 6.07) is 4.22. The number of benzene rings is 1. The van der Waals surface area contributed by atoms with Crippen LogP contribution >= 0.6 is 26.8 Å². The molecule has 0 fully saturated rings. The number of halogens is 3. The Balaban J connectivity index is 0.000000192. The van der Waals surface area contributed by atoms with E-state index in [1.54, 1.807) is 0 Å². The van der Waals surface area contributed by atoms with E-state index in [0.29, 0.717) is 0 Å². The molecule has 2 aliphatic heterocycles. The zero-order valence-corrected chi connectivity index (χ0v) is 17.6. The molecular formula is C16H19Cl3N2Sn-2. The minimum absolute atomic E-state index is 0.780. The van der Waals surface area contributed by atoms with E-state index in [1.807, 2.05) is 0 Å². The predicted molar refractivity (Wildman–Crippen MR) is 103 cm³/mol. The van der Waals surface area contributed by atoms with Crippen molar-refractivity contribution in [2.24, 2.45) is 0 Å². The molecule has 0 bridgehead atoms. The predicted octanol–water partition coefficient (Wildman–Crippen LogP) is 7.19. The van der Waals surface area contributed by atoms with E-state index in [0.717, 1.165) is 41.7 Å². The van der Waals surface area contributed by atoms with Crippen LogP contribution in [0, 0.1) is 0 Å². The van der Waals surface area contributed by atoms with Gasteiger partial charge >= 0.3 is 66.0 Å². The zero-order valence-electron chi connectivity index (χ0n) is 12.5. The maximum absolute atomic E-state index is 5.65. The van der Waals surface area contributed by atoms with Crippen molar-refractivity contribution in [3.8, 4) is 0 Å². The summed E-state index contributed by atoms with van der Waals surface area (Å²) in [5.41, 5.74) is 4.51. The molecule has 2 aliphatic rings. The SMILES string of the molecule is C1=Cc2ccc3c(c2[N-]C1)[N-]CC=C3.CCC[CH2][Sn]([Cl])([Cl])[Cl]. The van der Waals surface area contributed by atoms with Crippen molar-refractivity contribution in [3.05, 3.63) is 46.0 Å². The summed E-state index contributed by atoms with van der Waals surface area (Å²) >= 11 is -2.89. The van der Waals surface area contributed by atoms with Crippen LogP contribution in [-0.4, -0.2) is 28.1 Å². The number of nitrogens with zero attached hydrogens (tertiary/aromatic N) is 2. The molecular weight excluding hydrogens is 445 g/mol. The Morgan fingerprint density at radius 2 is 1.45 bits per heavy atom. The Kier molecular flexibility index (Phi) is 7.26. The van der Waals surface area contributed by atoms with Gasteiger partial charge in [-0.15, -0.1) is 36.6 Å². The summed E-state index contributed by atoms with van der Waals surface area (Å²) in [5, 5.41) is 8.98. The summed E-state index contributed by atoms with van der Waals surface area (Å²) in [4.78, 5) is 0. The molecule has 0 saturated heterocycles. The first-order valence-corrected chi connectivity index (χ1v) is 20.3. The number of hydrogen-bond donors (Lipinski definition) is 0. The molecule has 0 unspecified atom stereocenters. The first kappa shape index (κ1) is 18.3. The van der Waals surface area contributed by atoms with Gasteiger partial charge in [0.25, 0.3) is 0 Å². The van der Waals surface area contributed by atoms with Crippen molar-refractivity contribution in [1.29, 1.82) is 0 Å². The van der Waals surface area contributed by atoms with Gasteiger partial charge in [-0.3, -0.25) is 0 Å². The second-order valence-electron chi connectivity index (χ2n) is 5.15.